The number of aromatic nitrogens is 2. The SMILES string of the molecule is Cc1cc([C@@H]2CCCN(C(=O)[C@@H]3Cc4ccccc4C(=O)O3)C2)n[nH]1. The van der Waals surface area contributed by atoms with Gasteiger partial charge in [-0.1, -0.05) is 18.2 Å². The number of esters is 1. The van der Waals surface area contributed by atoms with Gasteiger partial charge in [0, 0.05) is 31.1 Å². The molecule has 1 fully saturated rings. The number of aryl methyl sites for hydroxylation is 1. The van der Waals surface area contributed by atoms with Crippen LogP contribution in [0.1, 0.15) is 46.1 Å². The number of nitrogens with zero attached hydrogens (tertiary/aromatic N) is 2. The number of aromatic amines is 1. The van der Waals surface area contributed by atoms with Crippen molar-refractivity contribution in [1.82, 2.24) is 15.1 Å². The van der Waals surface area contributed by atoms with E-state index in [2.05, 4.69) is 10.2 Å². The van der Waals surface area contributed by atoms with E-state index in [-0.39, 0.29) is 11.8 Å². The summed E-state index contributed by atoms with van der Waals surface area (Å²) in [6.07, 6.45) is 1.67. The molecule has 2 aliphatic heterocycles. The summed E-state index contributed by atoms with van der Waals surface area (Å²) in [5.41, 5.74) is 3.47. The van der Waals surface area contributed by atoms with E-state index in [0.717, 1.165) is 29.8 Å². The van der Waals surface area contributed by atoms with Crippen molar-refractivity contribution in [2.75, 3.05) is 13.1 Å². The second-order valence-electron chi connectivity index (χ2n) is 6.85. The van der Waals surface area contributed by atoms with Gasteiger partial charge in [0.05, 0.1) is 11.3 Å². The number of hydrogen-bond acceptors (Lipinski definition) is 4. The van der Waals surface area contributed by atoms with Crippen molar-refractivity contribution in [2.45, 2.75) is 38.2 Å². The number of benzene rings is 1. The van der Waals surface area contributed by atoms with Gasteiger partial charge in [-0.2, -0.15) is 5.10 Å². The number of amides is 1. The highest BCUT2D eigenvalue weighted by Gasteiger charge is 2.36. The van der Waals surface area contributed by atoms with Gasteiger partial charge in [-0.3, -0.25) is 9.89 Å². The van der Waals surface area contributed by atoms with E-state index in [1.54, 1.807) is 6.07 Å². The fourth-order valence-electron chi connectivity index (χ4n) is 3.74. The molecule has 1 aromatic carbocycles. The van der Waals surface area contributed by atoms with Crippen molar-refractivity contribution in [1.29, 1.82) is 0 Å². The number of likely N-dealkylation sites (tertiary alicyclic amines) is 1. The molecule has 25 heavy (non-hydrogen) atoms. The molecule has 1 N–H and O–H groups in total. The molecule has 0 unspecified atom stereocenters. The summed E-state index contributed by atoms with van der Waals surface area (Å²) in [7, 11) is 0. The Morgan fingerprint density at radius 2 is 2.20 bits per heavy atom. The summed E-state index contributed by atoms with van der Waals surface area (Å²) in [5.74, 6) is -0.272. The molecule has 6 nitrogen and oxygen atoms in total. The van der Waals surface area contributed by atoms with Crippen LogP contribution in [0.2, 0.25) is 0 Å². The quantitative estimate of drug-likeness (QED) is 0.851. The van der Waals surface area contributed by atoms with Crippen molar-refractivity contribution in [3.63, 3.8) is 0 Å². The molecule has 1 saturated heterocycles. The van der Waals surface area contributed by atoms with Crippen LogP contribution in [0.25, 0.3) is 0 Å². The summed E-state index contributed by atoms with van der Waals surface area (Å²) in [6, 6.07) is 9.37. The summed E-state index contributed by atoms with van der Waals surface area (Å²) in [4.78, 5) is 26.9. The topological polar surface area (TPSA) is 75.3 Å². The molecule has 6 heteroatoms. The predicted molar refractivity (Wildman–Crippen MR) is 91.2 cm³/mol. The number of hydrogen-bond donors (Lipinski definition) is 1. The molecule has 2 atom stereocenters. The first-order valence-corrected chi connectivity index (χ1v) is 8.71. The fraction of sp³-hybridized carbons (Fsp3) is 0.421. The highest BCUT2D eigenvalue weighted by atomic mass is 16.5. The Morgan fingerprint density at radius 1 is 1.36 bits per heavy atom. The van der Waals surface area contributed by atoms with E-state index in [4.69, 9.17) is 4.74 Å². The van der Waals surface area contributed by atoms with E-state index < -0.39 is 12.1 Å². The first-order valence-electron chi connectivity index (χ1n) is 8.71. The summed E-state index contributed by atoms with van der Waals surface area (Å²) < 4.78 is 5.42. The Hall–Kier alpha value is -2.63. The minimum Gasteiger partial charge on any atom is -0.448 e. The molecule has 0 aliphatic carbocycles. The summed E-state index contributed by atoms with van der Waals surface area (Å²) >= 11 is 0. The Balaban J connectivity index is 1.48. The predicted octanol–water partition coefficient (Wildman–Crippen LogP) is 2.21. The van der Waals surface area contributed by atoms with Crippen LogP contribution >= 0.6 is 0 Å². The van der Waals surface area contributed by atoms with Crippen LogP contribution in [0, 0.1) is 6.92 Å². The number of piperidine rings is 1. The average molecular weight is 339 g/mol. The van der Waals surface area contributed by atoms with Gasteiger partial charge in [0.2, 0.25) is 0 Å². The number of ether oxygens (including phenoxy) is 1. The van der Waals surface area contributed by atoms with Crippen molar-refractivity contribution in [3.8, 4) is 0 Å². The van der Waals surface area contributed by atoms with Crippen molar-refractivity contribution in [2.24, 2.45) is 0 Å². The number of cyclic esters (lactones) is 1. The van der Waals surface area contributed by atoms with E-state index in [1.807, 2.05) is 36.1 Å². The lowest BCUT2D eigenvalue weighted by atomic mass is 9.93. The van der Waals surface area contributed by atoms with Gasteiger partial charge in [0.1, 0.15) is 0 Å². The van der Waals surface area contributed by atoms with Crippen molar-refractivity contribution >= 4 is 11.9 Å². The summed E-state index contributed by atoms with van der Waals surface area (Å²) in [5, 5.41) is 7.31. The van der Waals surface area contributed by atoms with Crippen molar-refractivity contribution in [3.05, 3.63) is 52.8 Å². The number of rotatable bonds is 2. The zero-order valence-corrected chi connectivity index (χ0v) is 14.2. The van der Waals surface area contributed by atoms with Gasteiger partial charge in [-0.05, 0) is 37.5 Å². The number of carbonyl (C=O) groups excluding carboxylic acids is 2. The molecule has 2 aromatic rings. The normalized spacial score (nSPS) is 23.1. The van der Waals surface area contributed by atoms with Crippen LogP contribution in [-0.4, -0.2) is 46.2 Å². The third-order valence-corrected chi connectivity index (χ3v) is 5.04. The van der Waals surface area contributed by atoms with Crippen LogP contribution in [0.3, 0.4) is 0 Å². The van der Waals surface area contributed by atoms with Gasteiger partial charge in [-0.15, -0.1) is 0 Å². The standard InChI is InChI=1S/C19H21N3O3/c1-12-9-16(21-20-12)14-6-4-8-22(11-14)18(23)17-10-13-5-2-3-7-15(13)19(24)25-17/h2-3,5,7,9,14,17H,4,6,8,10-11H2,1H3,(H,20,21)/t14-,17+/m1/s1. The zero-order chi connectivity index (χ0) is 17.4. The van der Waals surface area contributed by atoms with E-state index in [0.29, 0.717) is 25.1 Å². The first kappa shape index (κ1) is 15.9. The molecule has 1 aromatic heterocycles. The second-order valence-corrected chi connectivity index (χ2v) is 6.85. The molecule has 0 bridgehead atoms. The maximum Gasteiger partial charge on any atom is 0.339 e. The van der Waals surface area contributed by atoms with Crippen LogP contribution < -0.4 is 0 Å². The van der Waals surface area contributed by atoms with Gasteiger partial charge in [-0.25, -0.2) is 4.79 Å². The Morgan fingerprint density at radius 3 is 3.00 bits per heavy atom. The molecule has 1 amide bonds. The van der Waals surface area contributed by atoms with Crippen LogP contribution in [0.15, 0.2) is 30.3 Å². The van der Waals surface area contributed by atoms with E-state index in [9.17, 15) is 9.59 Å². The smallest absolute Gasteiger partial charge is 0.339 e. The third-order valence-electron chi connectivity index (χ3n) is 5.04. The third kappa shape index (κ3) is 3.04. The largest absolute Gasteiger partial charge is 0.448 e. The molecule has 0 saturated carbocycles. The molecule has 0 spiro atoms. The highest BCUT2D eigenvalue weighted by Crippen LogP contribution is 2.28. The first-order chi connectivity index (χ1) is 12.1. The molecule has 2 aliphatic rings. The van der Waals surface area contributed by atoms with Crippen molar-refractivity contribution < 1.29 is 14.3 Å². The minimum absolute atomic E-state index is 0.0974. The average Bonchev–Trinajstić information content (AvgIpc) is 3.08. The fourth-order valence-corrected chi connectivity index (χ4v) is 3.74. The Kier molecular flexibility index (Phi) is 4.03. The molecule has 3 heterocycles. The van der Waals surface area contributed by atoms with Gasteiger partial charge < -0.3 is 9.64 Å². The van der Waals surface area contributed by atoms with Crippen LogP contribution in [-0.2, 0) is 16.0 Å². The van der Waals surface area contributed by atoms with Gasteiger partial charge in [0.25, 0.3) is 5.91 Å². The monoisotopic (exact) mass is 339 g/mol. The number of nitrogens with one attached hydrogen (secondary N) is 1. The lowest BCUT2D eigenvalue weighted by molar-refractivity contribution is -0.142. The maximum absolute atomic E-state index is 12.9. The molecule has 130 valence electrons. The maximum atomic E-state index is 12.9. The number of fused-ring (bicyclic) bond motifs is 1. The Labute approximate surface area is 146 Å². The van der Waals surface area contributed by atoms with Gasteiger partial charge in [0.15, 0.2) is 6.10 Å². The van der Waals surface area contributed by atoms with E-state index >= 15 is 0 Å². The lowest BCUT2D eigenvalue weighted by Crippen LogP contribution is -2.47. The lowest BCUT2D eigenvalue weighted by Gasteiger charge is -2.35. The van der Waals surface area contributed by atoms with Crippen LogP contribution in [0.5, 0.6) is 0 Å². The molecule has 0 radical (unpaired) electrons. The molecular formula is C19H21N3O3. The minimum atomic E-state index is -0.720. The zero-order valence-electron chi connectivity index (χ0n) is 14.2. The molecular weight excluding hydrogens is 318 g/mol. The highest BCUT2D eigenvalue weighted by molar-refractivity contribution is 5.95. The van der Waals surface area contributed by atoms with Gasteiger partial charge >= 0.3 is 5.97 Å². The van der Waals surface area contributed by atoms with Crippen LogP contribution in [0.4, 0.5) is 0 Å². The number of H-pyrrole nitrogens is 1. The number of carbonyl (C=O) groups is 2. The second kappa shape index (κ2) is 6.35. The Bertz CT molecular complexity index is 814. The van der Waals surface area contributed by atoms with E-state index in [1.165, 1.54) is 0 Å². The molecule has 4 rings (SSSR count). The summed E-state index contributed by atoms with van der Waals surface area (Å²) in [6.45, 7) is 3.30.